The maximum absolute atomic E-state index is 12.9. The molecule has 0 bridgehead atoms. The van der Waals surface area contributed by atoms with E-state index in [0.717, 1.165) is 32.4 Å². The number of carboxylic acid groups (broad SMARTS) is 1. The SMILES string of the molecule is O=C(O)[C@H](Cc1ccc(OCc2c(Cl)cccc2Cl)cc1)NC(=O)[C@@H]1OCO[C@H]1C(=O)NN1CCCCC1. The normalized spacial score (nSPS) is 20.5. The summed E-state index contributed by atoms with van der Waals surface area (Å²) >= 11 is 12.3. The number of halogens is 2. The van der Waals surface area contributed by atoms with Crippen LogP contribution in [0, 0.1) is 0 Å². The molecule has 0 saturated carbocycles. The second-order valence-electron chi connectivity index (χ2n) is 9.05. The number of aliphatic carboxylic acids is 1. The maximum atomic E-state index is 12.9. The fraction of sp³-hybridized carbons (Fsp3) is 0.423. The highest BCUT2D eigenvalue weighted by Gasteiger charge is 2.42. The van der Waals surface area contributed by atoms with Gasteiger partial charge < -0.3 is 24.6 Å². The molecular weight excluding hydrogens is 537 g/mol. The van der Waals surface area contributed by atoms with E-state index in [9.17, 15) is 19.5 Å². The Kier molecular flexibility index (Phi) is 9.81. The van der Waals surface area contributed by atoms with Crippen LogP contribution in [-0.2, 0) is 36.9 Å². The fourth-order valence-electron chi connectivity index (χ4n) is 4.25. The quantitative estimate of drug-likeness (QED) is 0.401. The van der Waals surface area contributed by atoms with E-state index < -0.39 is 36.0 Å². The zero-order valence-electron chi connectivity index (χ0n) is 20.5. The van der Waals surface area contributed by atoms with Gasteiger partial charge in [-0.15, -0.1) is 0 Å². The van der Waals surface area contributed by atoms with Crippen LogP contribution in [0.3, 0.4) is 0 Å². The van der Waals surface area contributed by atoms with E-state index in [1.807, 2.05) is 0 Å². The number of carbonyl (C=O) groups excluding carboxylic acids is 2. The molecule has 3 atom stereocenters. The van der Waals surface area contributed by atoms with Crippen LogP contribution >= 0.6 is 23.2 Å². The third kappa shape index (κ3) is 7.36. The number of carboxylic acids is 1. The lowest BCUT2D eigenvalue weighted by molar-refractivity contribution is -0.145. The Morgan fingerprint density at radius 1 is 0.974 bits per heavy atom. The van der Waals surface area contributed by atoms with Gasteiger partial charge in [-0.2, -0.15) is 0 Å². The van der Waals surface area contributed by atoms with Crippen LogP contribution in [0.15, 0.2) is 42.5 Å². The standard InChI is InChI=1S/C26H29Cl2N3O7/c27-19-5-4-6-20(28)18(19)14-36-17-9-7-16(8-10-17)13-21(26(34)35)29-24(32)22-23(38-15-37-22)25(33)30-31-11-2-1-3-12-31/h4-10,21-23H,1-3,11-15H2,(H,29,32)(H,30,33)(H,34,35)/t21-,22+,23+/m0/s1. The molecule has 0 unspecified atom stereocenters. The largest absolute Gasteiger partial charge is 0.489 e. The molecular formula is C26H29Cl2N3O7. The number of amides is 2. The van der Waals surface area contributed by atoms with Crippen LogP contribution in [0.5, 0.6) is 5.75 Å². The van der Waals surface area contributed by atoms with Gasteiger partial charge >= 0.3 is 5.97 Å². The van der Waals surface area contributed by atoms with Crippen molar-refractivity contribution in [3.63, 3.8) is 0 Å². The molecule has 0 radical (unpaired) electrons. The van der Waals surface area contributed by atoms with E-state index in [2.05, 4.69) is 10.7 Å². The summed E-state index contributed by atoms with van der Waals surface area (Å²) in [7, 11) is 0. The molecule has 38 heavy (non-hydrogen) atoms. The van der Waals surface area contributed by atoms with E-state index >= 15 is 0 Å². The molecule has 0 aromatic heterocycles. The zero-order valence-corrected chi connectivity index (χ0v) is 22.0. The van der Waals surface area contributed by atoms with Crippen molar-refractivity contribution in [1.82, 2.24) is 15.8 Å². The molecule has 4 rings (SSSR count). The second-order valence-corrected chi connectivity index (χ2v) is 9.87. The first-order valence-electron chi connectivity index (χ1n) is 12.3. The minimum Gasteiger partial charge on any atom is -0.489 e. The Labute approximate surface area is 230 Å². The second kappa shape index (κ2) is 13.3. The van der Waals surface area contributed by atoms with Crippen molar-refractivity contribution in [1.29, 1.82) is 0 Å². The van der Waals surface area contributed by atoms with Gasteiger partial charge in [-0.05, 0) is 42.7 Å². The van der Waals surface area contributed by atoms with Crippen LogP contribution in [0.1, 0.15) is 30.4 Å². The Balaban J connectivity index is 1.32. The van der Waals surface area contributed by atoms with Crippen molar-refractivity contribution in [3.05, 3.63) is 63.6 Å². The van der Waals surface area contributed by atoms with Crippen molar-refractivity contribution in [2.75, 3.05) is 19.9 Å². The fourth-order valence-corrected chi connectivity index (χ4v) is 4.76. The Hall–Kier alpha value is -2.89. The average molecular weight is 566 g/mol. The molecule has 10 nitrogen and oxygen atoms in total. The minimum atomic E-state index is -1.26. The van der Waals surface area contributed by atoms with E-state index in [1.54, 1.807) is 47.5 Å². The summed E-state index contributed by atoms with van der Waals surface area (Å²) in [6.07, 6.45) is 0.619. The van der Waals surface area contributed by atoms with Crippen LogP contribution in [0.2, 0.25) is 10.0 Å². The number of ether oxygens (including phenoxy) is 3. The van der Waals surface area contributed by atoms with Crippen LogP contribution in [0.25, 0.3) is 0 Å². The van der Waals surface area contributed by atoms with Crippen molar-refractivity contribution in [3.8, 4) is 5.75 Å². The molecule has 3 N–H and O–H groups in total. The zero-order chi connectivity index (χ0) is 27.1. The van der Waals surface area contributed by atoms with Gasteiger partial charge in [-0.3, -0.25) is 15.0 Å². The summed E-state index contributed by atoms with van der Waals surface area (Å²) in [5, 5.41) is 15.0. The summed E-state index contributed by atoms with van der Waals surface area (Å²) in [5.41, 5.74) is 4.08. The first-order chi connectivity index (χ1) is 18.3. The molecule has 2 amide bonds. The van der Waals surface area contributed by atoms with Gasteiger partial charge in [-0.25, -0.2) is 9.80 Å². The number of nitrogens with zero attached hydrogens (tertiary/aromatic N) is 1. The lowest BCUT2D eigenvalue weighted by Gasteiger charge is -2.28. The molecule has 2 aromatic rings. The number of benzene rings is 2. The van der Waals surface area contributed by atoms with Gasteiger partial charge in [0, 0.05) is 35.1 Å². The van der Waals surface area contributed by atoms with Crippen LogP contribution < -0.4 is 15.5 Å². The number of hydrazine groups is 1. The van der Waals surface area contributed by atoms with Crippen molar-refractivity contribution >= 4 is 41.0 Å². The highest BCUT2D eigenvalue weighted by molar-refractivity contribution is 6.35. The predicted molar refractivity (Wildman–Crippen MR) is 139 cm³/mol. The maximum Gasteiger partial charge on any atom is 0.326 e. The molecule has 2 aliphatic heterocycles. The van der Waals surface area contributed by atoms with Gasteiger partial charge in [0.25, 0.3) is 11.8 Å². The number of hydrogen-bond acceptors (Lipinski definition) is 7. The summed E-state index contributed by atoms with van der Waals surface area (Å²) in [6.45, 7) is 1.36. The number of hydrogen-bond donors (Lipinski definition) is 3. The van der Waals surface area contributed by atoms with Gasteiger partial charge in [0.1, 0.15) is 25.2 Å². The summed E-state index contributed by atoms with van der Waals surface area (Å²) in [4.78, 5) is 37.4. The Morgan fingerprint density at radius 2 is 1.61 bits per heavy atom. The highest BCUT2D eigenvalue weighted by atomic mass is 35.5. The molecule has 12 heteroatoms. The van der Waals surface area contributed by atoms with Crippen LogP contribution in [0.4, 0.5) is 0 Å². The average Bonchev–Trinajstić information content (AvgIpc) is 3.40. The van der Waals surface area contributed by atoms with E-state index in [0.29, 0.717) is 26.9 Å². The molecule has 2 aliphatic rings. The molecule has 2 aromatic carbocycles. The van der Waals surface area contributed by atoms with Crippen molar-refractivity contribution in [2.24, 2.45) is 0 Å². The monoisotopic (exact) mass is 565 g/mol. The van der Waals surface area contributed by atoms with Crippen LogP contribution in [-0.4, -0.2) is 66.0 Å². The van der Waals surface area contributed by atoms with E-state index in [1.165, 1.54) is 0 Å². The minimum absolute atomic E-state index is 0.00983. The first kappa shape index (κ1) is 28.1. The molecule has 2 heterocycles. The van der Waals surface area contributed by atoms with Gasteiger partial charge in [0.15, 0.2) is 12.2 Å². The number of carbonyl (C=O) groups is 3. The summed E-state index contributed by atoms with van der Waals surface area (Å²) in [6, 6.07) is 10.7. The third-order valence-electron chi connectivity index (χ3n) is 6.33. The lowest BCUT2D eigenvalue weighted by atomic mass is 10.0. The number of piperidine rings is 1. The summed E-state index contributed by atoms with van der Waals surface area (Å²) in [5.74, 6) is -1.91. The molecule has 204 valence electrons. The van der Waals surface area contributed by atoms with E-state index in [4.69, 9.17) is 37.4 Å². The smallest absolute Gasteiger partial charge is 0.326 e. The van der Waals surface area contributed by atoms with Crippen molar-refractivity contribution < 1.29 is 33.7 Å². The Bertz CT molecular complexity index is 1120. The first-order valence-corrected chi connectivity index (χ1v) is 13.0. The van der Waals surface area contributed by atoms with Gasteiger partial charge in [-0.1, -0.05) is 47.8 Å². The van der Waals surface area contributed by atoms with E-state index in [-0.39, 0.29) is 19.8 Å². The topological polar surface area (TPSA) is 126 Å². The molecule has 0 aliphatic carbocycles. The number of rotatable bonds is 10. The van der Waals surface area contributed by atoms with Crippen molar-refractivity contribution in [2.45, 2.75) is 50.5 Å². The van der Waals surface area contributed by atoms with Gasteiger partial charge in [0.2, 0.25) is 0 Å². The number of nitrogens with one attached hydrogen (secondary N) is 2. The van der Waals surface area contributed by atoms with Gasteiger partial charge in [0.05, 0.1) is 0 Å². The molecule has 2 saturated heterocycles. The highest BCUT2D eigenvalue weighted by Crippen LogP contribution is 2.26. The Morgan fingerprint density at radius 3 is 2.24 bits per heavy atom. The third-order valence-corrected chi connectivity index (χ3v) is 7.04. The predicted octanol–water partition coefficient (Wildman–Crippen LogP) is 2.94. The molecule has 2 fully saturated rings. The summed E-state index contributed by atoms with van der Waals surface area (Å²) < 4.78 is 16.4. The molecule has 0 spiro atoms. The lowest BCUT2D eigenvalue weighted by Crippen LogP contribution is -2.55.